The van der Waals surface area contributed by atoms with Gasteiger partial charge in [0.05, 0.1) is 30.9 Å². The number of para-hydroxylation sites is 1. The normalized spacial score (nSPS) is 10.6. The summed E-state index contributed by atoms with van der Waals surface area (Å²) in [5.74, 6) is -0.788. The fourth-order valence-electron chi connectivity index (χ4n) is 2.58. The van der Waals surface area contributed by atoms with Gasteiger partial charge in [0, 0.05) is 13.6 Å². The Morgan fingerprint density at radius 1 is 1.14 bits per heavy atom. The van der Waals surface area contributed by atoms with Crippen molar-refractivity contribution in [3.8, 4) is 5.75 Å². The number of carbonyl (C=O) groups is 2. The number of rotatable bonds is 8. The zero-order chi connectivity index (χ0) is 20.7. The number of hydrogen-bond acceptors (Lipinski definition) is 4. The number of ether oxygens (including phenoxy) is 1. The van der Waals surface area contributed by atoms with Crippen molar-refractivity contribution in [1.82, 2.24) is 9.80 Å². The zero-order valence-electron chi connectivity index (χ0n) is 16.0. The van der Waals surface area contributed by atoms with Crippen LogP contribution < -0.4 is 10.1 Å². The summed E-state index contributed by atoms with van der Waals surface area (Å²) in [4.78, 5) is 27.6. The first-order valence-electron chi connectivity index (χ1n) is 8.59. The molecule has 0 fully saturated rings. The molecule has 6 nitrogen and oxygen atoms in total. The van der Waals surface area contributed by atoms with E-state index in [0.717, 1.165) is 0 Å². The van der Waals surface area contributed by atoms with Crippen LogP contribution in [0.2, 0.25) is 5.02 Å². The minimum Gasteiger partial charge on any atom is -0.494 e. The van der Waals surface area contributed by atoms with Crippen molar-refractivity contribution < 1.29 is 18.7 Å². The molecular formula is C20H23ClFN3O3. The molecule has 150 valence electrons. The SMILES string of the molecule is COc1ccc(CN(C)C(=O)CN(C)CC(=O)Nc2ccccc2Cl)cc1F. The van der Waals surface area contributed by atoms with E-state index in [0.29, 0.717) is 16.3 Å². The Morgan fingerprint density at radius 2 is 1.86 bits per heavy atom. The van der Waals surface area contributed by atoms with Crippen LogP contribution in [0.25, 0.3) is 0 Å². The van der Waals surface area contributed by atoms with Gasteiger partial charge in [-0.25, -0.2) is 4.39 Å². The first kappa shape index (κ1) is 21.7. The van der Waals surface area contributed by atoms with Crippen LogP contribution in [-0.2, 0) is 16.1 Å². The quantitative estimate of drug-likeness (QED) is 0.730. The summed E-state index contributed by atoms with van der Waals surface area (Å²) in [5.41, 5.74) is 1.17. The van der Waals surface area contributed by atoms with Gasteiger partial charge in [-0.1, -0.05) is 29.8 Å². The summed E-state index contributed by atoms with van der Waals surface area (Å²) in [6, 6.07) is 11.5. The van der Waals surface area contributed by atoms with Crippen molar-refractivity contribution in [3.63, 3.8) is 0 Å². The van der Waals surface area contributed by atoms with E-state index in [4.69, 9.17) is 16.3 Å². The lowest BCUT2D eigenvalue weighted by Gasteiger charge is -2.22. The van der Waals surface area contributed by atoms with Gasteiger partial charge in [-0.15, -0.1) is 0 Å². The van der Waals surface area contributed by atoms with Gasteiger partial charge in [-0.2, -0.15) is 0 Å². The van der Waals surface area contributed by atoms with E-state index in [1.165, 1.54) is 24.1 Å². The molecule has 1 N–H and O–H groups in total. The average molecular weight is 408 g/mol. The van der Waals surface area contributed by atoms with E-state index >= 15 is 0 Å². The van der Waals surface area contributed by atoms with Gasteiger partial charge >= 0.3 is 0 Å². The molecule has 0 saturated carbocycles. The Labute approximate surface area is 168 Å². The van der Waals surface area contributed by atoms with Crippen LogP contribution in [0.4, 0.5) is 10.1 Å². The van der Waals surface area contributed by atoms with Crippen LogP contribution in [0.5, 0.6) is 5.75 Å². The number of likely N-dealkylation sites (N-methyl/N-ethyl adjacent to an activating group) is 2. The molecule has 0 spiro atoms. The highest BCUT2D eigenvalue weighted by Crippen LogP contribution is 2.20. The van der Waals surface area contributed by atoms with E-state index in [-0.39, 0.29) is 37.2 Å². The molecular weight excluding hydrogens is 385 g/mol. The number of anilines is 1. The highest BCUT2D eigenvalue weighted by atomic mass is 35.5. The third kappa shape index (κ3) is 6.21. The standard InChI is InChI=1S/C20H23ClFN3O3/c1-24(12-19(26)23-17-7-5-4-6-15(17)21)13-20(27)25(2)11-14-8-9-18(28-3)16(22)10-14/h4-10H,11-13H2,1-3H3,(H,23,26). The molecule has 0 unspecified atom stereocenters. The highest BCUT2D eigenvalue weighted by Gasteiger charge is 2.16. The Balaban J connectivity index is 1.84. The van der Waals surface area contributed by atoms with Crippen molar-refractivity contribution in [2.24, 2.45) is 0 Å². The molecule has 2 rings (SSSR count). The van der Waals surface area contributed by atoms with Gasteiger partial charge in [0.15, 0.2) is 11.6 Å². The lowest BCUT2D eigenvalue weighted by atomic mass is 10.2. The van der Waals surface area contributed by atoms with Crippen molar-refractivity contribution in [2.75, 3.05) is 39.6 Å². The van der Waals surface area contributed by atoms with Crippen LogP contribution in [-0.4, -0.2) is 55.9 Å². The van der Waals surface area contributed by atoms with E-state index in [1.54, 1.807) is 49.3 Å². The average Bonchev–Trinajstić information content (AvgIpc) is 2.63. The monoisotopic (exact) mass is 407 g/mol. The Morgan fingerprint density at radius 3 is 2.50 bits per heavy atom. The summed E-state index contributed by atoms with van der Waals surface area (Å²) >= 11 is 6.01. The van der Waals surface area contributed by atoms with Gasteiger partial charge < -0.3 is 15.0 Å². The predicted molar refractivity (Wildman–Crippen MR) is 107 cm³/mol. The Hall–Kier alpha value is -2.64. The smallest absolute Gasteiger partial charge is 0.238 e. The number of hydrogen-bond donors (Lipinski definition) is 1. The number of carbonyl (C=O) groups excluding carboxylic acids is 2. The molecule has 0 bridgehead atoms. The fraction of sp³-hybridized carbons (Fsp3) is 0.300. The number of nitrogens with zero attached hydrogens (tertiary/aromatic N) is 2. The summed E-state index contributed by atoms with van der Waals surface area (Å²) in [6.45, 7) is 0.326. The van der Waals surface area contributed by atoms with E-state index in [2.05, 4.69) is 5.32 Å². The second-order valence-electron chi connectivity index (χ2n) is 6.42. The summed E-state index contributed by atoms with van der Waals surface area (Å²) in [6.07, 6.45) is 0. The Bertz CT molecular complexity index is 847. The van der Waals surface area contributed by atoms with Gasteiger partial charge in [0.25, 0.3) is 0 Å². The van der Waals surface area contributed by atoms with Gasteiger partial charge in [0.2, 0.25) is 11.8 Å². The van der Waals surface area contributed by atoms with Crippen LogP contribution in [0.3, 0.4) is 0 Å². The molecule has 0 aliphatic rings. The number of nitrogens with one attached hydrogen (secondary N) is 1. The van der Waals surface area contributed by atoms with E-state index < -0.39 is 5.82 Å². The maximum absolute atomic E-state index is 13.8. The lowest BCUT2D eigenvalue weighted by molar-refractivity contribution is -0.131. The van der Waals surface area contributed by atoms with Crippen LogP contribution >= 0.6 is 11.6 Å². The zero-order valence-corrected chi connectivity index (χ0v) is 16.8. The number of methoxy groups -OCH3 is 1. The molecule has 8 heteroatoms. The number of benzene rings is 2. The fourth-order valence-corrected chi connectivity index (χ4v) is 2.76. The molecule has 0 radical (unpaired) electrons. The third-order valence-corrected chi connectivity index (χ3v) is 4.36. The topological polar surface area (TPSA) is 61.9 Å². The molecule has 2 aromatic carbocycles. The number of halogens is 2. The van der Waals surface area contributed by atoms with Crippen molar-refractivity contribution in [2.45, 2.75) is 6.54 Å². The molecule has 0 saturated heterocycles. The second kappa shape index (κ2) is 10.1. The third-order valence-electron chi connectivity index (χ3n) is 4.03. The van der Waals surface area contributed by atoms with E-state index in [1.807, 2.05) is 0 Å². The maximum atomic E-state index is 13.8. The predicted octanol–water partition coefficient (Wildman–Crippen LogP) is 3.02. The van der Waals surface area contributed by atoms with Gasteiger partial charge in [0.1, 0.15) is 0 Å². The molecule has 2 amide bonds. The van der Waals surface area contributed by atoms with Gasteiger partial charge in [-0.05, 0) is 36.9 Å². The van der Waals surface area contributed by atoms with Crippen molar-refractivity contribution in [3.05, 3.63) is 58.9 Å². The largest absolute Gasteiger partial charge is 0.494 e. The minimum atomic E-state index is -0.478. The highest BCUT2D eigenvalue weighted by molar-refractivity contribution is 6.33. The van der Waals surface area contributed by atoms with Crippen molar-refractivity contribution in [1.29, 1.82) is 0 Å². The summed E-state index contributed by atoms with van der Waals surface area (Å²) in [7, 11) is 4.69. The first-order valence-corrected chi connectivity index (χ1v) is 8.97. The van der Waals surface area contributed by atoms with E-state index in [9.17, 15) is 14.0 Å². The van der Waals surface area contributed by atoms with Gasteiger partial charge in [-0.3, -0.25) is 14.5 Å². The second-order valence-corrected chi connectivity index (χ2v) is 6.83. The Kier molecular flexibility index (Phi) is 7.78. The molecule has 2 aromatic rings. The molecule has 0 heterocycles. The molecule has 0 aliphatic carbocycles. The maximum Gasteiger partial charge on any atom is 0.238 e. The lowest BCUT2D eigenvalue weighted by Crippen LogP contribution is -2.39. The summed E-state index contributed by atoms with van der Waals surface area (Å²) in [5, 5.41) is 3.15. The molecule has 0 aliphatic heterocycles. The van der Waals surface area contributed by atoms with Crippen LogP contribution in [0, 0.1) is 5.82 Å². The number of amides is 2. The van der Waals surface area contributed by atoms with Crippen LogP contribution in [0.1, 0.15) is 5.56 Å². The molecule has 0 aromatic heterocycles. The first-order chi connectivity index (χ1) is 13.3. The molecule has 28 heavy (non-hydrogen) atoms. The van der Waals surface area contributed by atoms with Crippen LogP contribution in [0.15, 0.2) is 42.5 Å². The molecule has 0 atom stereocenters. The minimum absolute atomic E-state index is 0.0297. The van der Waals surface area contributed by atoms with Crippen molar-refractivity contribution >= 4 is 29.1 Å². The summed E-state index contributed by atoms with van der Waals surface area (Å²) < 4.78 is 18.7.